The van der Waals surface area contributed by atoms with Crippen LogP contribution >= 0.6 is 0 Å². The first-order valence-electron chi connectivity index (χ1n) is 6.67. The summed E-state index contributed by atoms with van der Waals surface area (Å²) < 4.78 is 0. The normalized spacial score (nSPS) is 24.8. The highest BCUT2D eigenvalue weighted by Crippen LogP contribution is 2.25. The van der Waals surface area contributed by atoms with Gasteiger partial charge in [-0.2, -0.15) is 0 Å². The Kier molecular flexibility index (Phi) is 3.85. The molecule has 2 rings (SSSR count). The van der Waals surface area contributed by atoms with Gasteiger partial charge in [0.25, 0.3) is 0 Å². The molecular weight excluding hydrogens is 208 g/mol. The van der Waals surface area contributed by atoms with Gasteiger partial charge in [-0.25, -0.2) is 0 Å². The van der Waals surface area contributed by atoms with Crippen LogP contribution in [0, 0.1) is 0 Å². The minimum absolute atomic E-state index is 0.279. The average molecular weight is 232 g/mol. The van der Waals surface area contributed by atoms with E-state index in [2.05, 4.69) is 61.3 Å². The second kappa shape index (κ2) is 5.19. The molecule has 1 aliphatic rings. The van der Waals surface area contributed by atoms with Gasteiger partial charge in [0.05, 0.1) is 0 Å². The van der Waals surface area contributed by atoms with E-state index in [0.717, 1.165) is 13.1 Å². The van der Waals surface area contributed by atoms with Crippen LogP contribution in [0.2, 0.25) is 0 Å². The Balaban J connectivity index is 2.09. The molecule has 1 N–H and O–H groups in total. The number of rotatable bonds is 3. The van der Waals surface area contributed by atoms with Crippen LogP contribution in [0.15, 0.2) is 30.3 Å². The van der Waals surface area contributed by atoms with Crippen LogP contribution in [0.3, 0.4) is 0 Å². The Hall–Kier alpha value is -0.860. The Morgan fingerprint density at radius 2 is 2.00 bits per heavy atom. The lowest BCUT2D eigenvalue weighted by Gasteiger charge is -2.46. The van der Waals surface area contributed by atoms with E-state index in [-0.39, 0.29) is 5.54 Å². The monoisotopic (exact) mass is 232 g/mol. The minimum atomic E-state index is 0.279. The fourth-order valence-electron chi connectivity index (χ4n) is 2.59. The largest absolute Gasteiger partial charge is 0.307 e. The molecule has 0 aromatic heterocycles. The molecule has 0 radical (unpaired) electrons. The van der Waals surface area contributed by atoms with Crippen molar-refractivity contribution in [2.24, 2.45) is 0 Å². The third kappa shape index (κ3) is 2.88. The van der Waals surface area contributed by atoms with Crippen molar-refractivity contribution in [1.29, 1.82) is 0 Å². The molecule has 2 nitrogen and oxygen atoms in total. The van der Waals surface area contributed by atoms with Gasteiger partial charge in [0, 0.05) is 24.7 Å². The van der Waals surface area contributed by atoms with Gasteiger partial charge in [0.15, 0.2) is 0 Å². The van der Waals surface area contributed by atoms with Crippen molar-refractivity contribution < 1.29 is 0 Å². The molecule has 1 aromatic carbocycles. The summed E-state index contributed by atoms with van der Waals surface area (Å²) in [6.45, 7) is 10.3. The molecule has 0 amide bonds. The average Bonchev–Trinajstić information content (AvgIpc) is 2.33. The Morgan fingerprint density at radius 3 is 2.65 bits per heavy atom. The molecule has 0 aliphatic carbocycles. The van der Waals surface area contributed by atoms with E-state index in [9.17, 15) is 0 Å². The highest BCUT2D eigenvalue weighted by molar-refractivity contribution is 5.20. The lowest BCUT2D eigenvalue weighted by molar-refractivity contribution is 0.0661. The maximum atomic E-state index is 3.67. The summed E-state index contributed by atoms with van der Waals surface area (Å²) in [6.07, 6.45) is 1.23. The SMILES string of the molecule is CCCN1CC(c2ccccc2)NCC1(C)C. The van der Waals surface area contributed by atoms with Gasteiger partial charge < -0.3 is 5.32 Å². The predicted molar refractivity (Wildman–Crippen MR) is 73.1 cm³/mol. The van der Waals surface area contributed by atoms with E-state index in [1.165, 1.54) is 18.5 Å². The maximum Gasteiger partial charge on any atom is 0.0450 e. The lowest BCUT2D eigenvalue weighted by Crippen LogP contribution is -2.58. The number of hydrogen-bond donors (Lipinski definition) is 1. The Labute approximate surface area is 105 Å². The van der Waals surface area contributed by atoms with E-state index in [1.54, 1.807) is 0 Å². The highest BCUT2D eigenvalue weighted by atomic mass is 15.3. The minimum Gasteiger partial charge on any atom is -0.307 e. The predicted octanol–water partition coefficient (Wildman–Crippen LogP) is 2.82. The third-order valence-electron chi connectivity index (χ3n) is 3.74. The van der Waals surface area contributed by atoms with Crippen LogP contribution in [-0.2, 0) is 0 Å². The summed E-state index contributed by atoms with van der Waals surface area (Å²) in [6, 6.07) is 11.3. The summed E-state index contributed by atoms with van der Waals surface area (Å²) in [5.41, 5.74) is 1.69. The second-order valence-electron chi connectivity index (χ2n) is 5.60. The first-order chi connectivity index (χ1) is 8.13. The van der Waals surface area contributed by atoms with Crippen molar-refractivity contribution >= 4 is 0 Å². The second-order valence-corrected chi connectivity index (χ2v) is 5.60. The molecule has 0 saturated carbocycles. The fraction of sp³-hybridized carbons (Fsp3) is 0.600. The van der Waals surface area contributed by atoms with E-state index < -0.39 is 0 Å². The van der Waals surface area contributed by atoms with Gasteiger partial charge >= 0.3 is 0 Å². The van der Waals surface area contributed by atoms with Crippen molar-refractivity contribution in [3.05, 3.63) is 35.9 Å². The zero-order valence-corrected chi connectivity index (χ0v) is 11.2. The van der Waals surface area contributed by atoms with E-state index in [1.807, 2.05) is 0 Å². The van der Waals surface area contributed by atoms with Crippen LogP contribution in [0.5, 0.6) is 0 Å². The highest BCUT2D eigenvalue weighted by Gasteiger charge is 2.33. The molecular formula is C15H24N2. The van der Waals surface area contributed by atoms with Gasteiger partial charge in [-0.1, -0.05) is 37.3 Å². The molecule has 1 heterocycles. The van der Waals surface area contributed by atoms with Crippen molar-refractivity contribution in [1.82, 2.24) is 10.2 Å². The van der Waals surface area contributed by atoms with E-state index >= 15 is 0 Å². The molecule has 17 heavy (non-hydrogen) atoms. The molecule has 0 bridgehead atoms. The van der Waals surface area contributed by atoms with Gasteiger partial charge in [-0.15, -0.1) is 0 Å². The van der Waals surface area contributed by atoms with Crippen molar-refractivity contribution in [3.8, 4) is 0 Å². The van der Waals surface area contributed by atoms with Crippen LogP contribution in [0.1, 0.15) is 38.8 Å². The number of piperazine rings is 1. The van der Waals surface area contributed by atoms with E-state index in [0.29, 0.717) is 6.04 Å². The summed E-state index contributed by atoms with van der Waals surface area (Å²) >= 11 is 0. The third-order valence-corrected chi connectivity index (χ3v) is 3.74. The standard InChI is InChI=1S/C15H24N2/c1-4-10-17-11-14(16-12-15(17,2)3)13-8-6-5-7-9-13/h5-9,14,16H,4,10-12H2,1-3H3. The van der Waals surface area contributed by atoms with Crippen LogP contribution in [0.4, 0.5) is 0 Å². The van der Waals surface area contributed by atoms with Gasteiger partial charge in [0.2, 0.25) is 0 Å². The molecule has 2 heteroatoms. The summed E-state index contributed by atoms with van der Waals surface area (Å²) in [5, 5.41) is 3.67. The molecule has 1 aliphatic heterocycles. The molecule has 94 valence electrons. The van der Waals surface area contributed by atoms with Gasteiger partial charge in [-0.3, -0.25) is 4.90 Å². The van der Waals surface area contributed by atoms with Crippen molar-refractivity contribution in [2.45, 2.75) is 38.8 Å². The molecule has 1 saturated heterocycles. The quantitative estimate of drug-likeness (QED) is 0.862. The van der Waals surface area contributed by atoms with Gasteiger partial charge in [-0.05, 0) is 32.4 Å². The molecule has 1 fully saturated rings. The van der Waals surface area contributed by atoms with Crippen LogP contribution < -0.4 is 5.32 Å². The smallest absolute Gasteiger partial charge is 0.0450 e. The Bertz CT molecular complexity index is 345. The first-order valence-corrected chi connectivity index (χ1v) is 6.67. The first kappa shape index (κ1) is 12.6. The zero-order chi connectivity index (χ0) is 12.3. The Morgan fingerprint density at radius 1 is 1.29 bits per heavy atom. The molecule has 1 atom stereocenters. The topological polar surface area (TPSA) is 15.3 Å². The molecule has 1 unspecified atom stereocenters. The summed E-state index contributed by atoms with van der Waals surface area (Å²) in [5.74, 6) is 0. The number of hydrogen-bond acceptors (Lipinski definition) is 2. The molecule has 1 aromatic rings. The lowest BCUT2D eigenvalue weighted by atomic mass is 9.94. The van der Waals surface area contributed by atoms with Gasteiger partial charge in [0.1, 0.15) is 0 Å². The zero-order valence-electron chi connectivity index (χ0n) is 11.2. The summed E-state index contributed by atoms with van der Waals surface area (Å²) in [4.78, 5) is 2.61. The number of nitrogens with one attached hydrogen (secondary N) is 1. The van der Waals surface area contributed by atoms with Crippen LogP contribution in [0.25, 0.3) is 0 Å². The van der Waals surface area contributed by atoms with Crippen molar-refractivity contribution in [2.75, 3.05) is 19.6 Å². The van der Waals surface area contributed by atoms with E-state index in [4.69, 9.17) is 0 Å². The summed E-state index contributed by atoms with van der Waals surface area (Å²) in [7, 11) is 0. The molecule has 0 spiro atoms. The van der Waals surface area contributed by atoms with Crippen LogP contribution in [-0.4, -0.2) is 30.1 Å². The maximum absolute atomic E-state index is 3.67. The number of benzene rings is 1. The fourth-order valence-corrected chi connectivity index (χ4v) is 2.59. The van der Waals surface area contributed by atoms with Crippen molar-refractivity contribution in [3.63, 3.8) is 0 Å². The number of nitrogens with zero attached hydrogens (tertiary/aromatic N) is 1.